The first-order valence-corrected chi connectivity index (χ1v) is 3.59. The zero-order chi connectivity index (χ0) is 8.72. The second kappa shape index (κ2) is 2.67. The third-order valence-electron chi connectivity index (χ3n) is 2.00. The summed E-state index contributed by atoms with van der Waals surface area (Å²) in [5.41, 5.74) is 0.301. The summed E-state index contributed by atoms with van der Waals surface area (Å²) in [7, 11) is 0. The van der Waals surface area contributed by atoms with Gasteiger partial charge in [0.2, 0.25) is 0 Å². The smallest absolute Gasteiger partial charge is 0.189 e. The number of oxime groups is 1. The molecule has 0 amide bonds. The number of hydrogen-bond acceptors (Lipinski definition) is 6. The Morgan fingerprint density at radius 1 is 1.42 bits per heavy atom. The van der Waals surface area contributed by atoms with Crippen LogP contribution in [-0.2, 0) is 9.57 Å². The molecule has 2 aliphatic rings. The zero-order valence-corrected chi connectivity index (χ0v) is 6.12. The van der Waals surface area contributed by atoms with E-state index < -0.39 is 24.6 Å². The SMILES string of the molecule is OCC1=NO[C@H]2[C@H](O)C(O)O[C@@H]12. The molecule has 0 bridgehead atoms. The fraction of sp³-hybridized carbons (Fsp3) is 0.833. The van der Waals surface area contributed by atoms with Gasteiger partial charge in [0.15, 0.2) is 12.4 Å². The molecule has 2 aliphatic heterocycles. The summed E-state index contributed by atoms with van der Waals surface area (Å²) >= 11 is 0. The third-order valence-corrected chi connectivity index (χ3v) is 2.00. The monoisotopic (exact) mass is 175 g/mol. The number of ether oxygens (including phenoxy) is 1. The molecule has 6 nitrogen and oxygen atoms in total. The van der Waals surface area contributed by atoms with Crippen LogP contribution in [-0.4, -0.2) is 52.2 Å². The third kappa shape index (κ3) is 0.929. The van der Waals surface area contributed by atoms with E-state index in [1.165, 1.54) is 0 Å². The van der Waals surface area contributed by atoms with E-state index in [1.807, 2.05) is 0 Å². The van der Waals surface area contributed by atoms with E-state index in [4.69, 9.17) is 19.8 Å². The molecule has 2 heterocycles. The number of aliphatic hydroxyl groups excluding tert-OH is 3. The van der Waals surface area contributed by atoms with Gasteiger partial charge in [-0.3, -0.25) is 0 Å². The van der Waals surface area contributed by atoms with Crippen molar-refractivity contribution in [1.82, 2.24) is 0 Å². The van der Waals surface area contributed by atoms with Crippen molar-refractivity contribution >= 4 is 5.71 Å². The van der Waals surface area contributed by atoms with Crippen molar-refractivity contribution in [2.45, 2.75) is 24.6 Å². The maximum absolute atomic E-state index is 9.23. The van der Waals surface area contributed by atoms with Gasteiger partial charge in [-0.2, -0.15) is 0 Å². The summed E-state index contributed by atoms with van der Waals surface area (Å²) in [4.78, 5) is 4.76. The van der Waals surface area contributed by atoms with Gasteiger partial charge in [0.05, 0.1) is 6.61 Å². The molecule has 0 spiro atoms. The molecular formula is C6H9NO5. The molecule has 4 atom stereocenters. The maximum atomic E-state index is 9.23. The molecule has 0 aliphatic carbocycles. The molecule has 0 aromatic carbocycles. The van der Waals surface area contributed by atoms with Crippen LogP contribution in [0.4, 0.5) is 0 Å². The Morgan fingerprint density at radius 3 is 2.83 bits per heavy atom. The van der Waals surface area contributed by atoms with Gasteiger partial charge in [-0.25, -0.2) is 0 Å². The Balaban J connectivity index is 2.14. The highest BCUT2D eigenvalue weighted by Gasteiger charge is 2.50. The van der Waals surface area contributed by atoms with Crippen LogP contribution in [0.25, 0.3) is 0 Å². The number of fused-ring (bicyclic) bond motifs is 1. The van der Waals surface area contributed by atoms with Gasteiger partial charge >= 0.3 is 0 Å². The summed E-state index contributed by atoms with van der Waals surface area (Å²) in [6.07, 6.45) is -3.64. The normalized spacial score (nSPS) is 45.4. The van der Waals surface area contributed by atoms with Crippen molar-refractivity contribution in [3.63, 3.8) is 0 Å². The fourth-order valence-electron chi connectivity index (χ4n) is 1.33. The van der Waals surface area contributed by atoms with Gasteiger partial charge < -0.3 is 24.9 Å². The topological polar surface area (TPSA) is 91.5 Å². The van der Waals surface area contributed by atoms with Crippen molar-refractivity contribution in [2.24, 2.45) is 5.16 Å². The number of rotatable bonds is 1. The quantitative estimate of drug-likeness (QED) is 0.421. The van der Waals surface area contributed by atoms with Gasteiger partial charge in [-0.05, 0) is 0 Å². The van der Waals surface area contributed by atoms with E-state index in [1.54, 1.807) is 0 Å². The molecule has 0 aromatic rings. The molecule has 1 unspecified atom stereocenters. The van der Waals surface area contributed by atoms with Crippen molar-refractivity contribution in [3.05, 3.63) is 0 Å². The van der Waals surface area contributed by atoms with E-state index >= 15 is 0 Å². The summed E-state index contributed by atoms with van der Waals surface area (Å²) in [5, 5.41) is 30.5. The van der Waals surface area contributed by atoms with Crippen LogP contribution < -0.4 is 0 Å². The zero-order valence-electron chi connectivity index (χ0n) is 6.12. The molecule has 6 heteroatoms. The van der Waals surface area contributed by atoms with E-state index in [0.29, 0.717) is 5.71 Å². The minimum absolute atomic E-state index is 0.291. The highest BCUT2D eigenvalue weighted by atomic mass is 16.7. The summed E-state index contributed by atoms with van der Waals surface area (Å²) in [6.45, 7) is -0.291. The van der Waals surface area contributed by atoms with Gasteiger partial charge in [0, 0.05) is 0 Å². The molecule has 0 aromatic heterocycles. The highest BCUT2D eigenvalue weighted by molar-refractivity contribution is 5.91. The van der Waals surface area contributed by atoms with Crippen LogP contribution in [0.1, 0.15) is 0 Å². The van der Waals surface area contributed by atoms with Crippen molar-refractivity contribution in [3.8, 4) is 0 Å². The molecule has 12 heavy (non-hydrogen) atoms. The molecule has 0 radical (unpaired) electrons. The lowest BCUT2D eigenvalue weighted by atomic mass is 10.1. The minimum atomic E-state index is -1.25. The standard InChI is InChI=1S/C6H9NO5/c8-1-2-4-5(12-7-2)3(9)6(10)11-4/h3-6,8-10H,1H2/t3-,4-,5-,6?/m0/s1. The van der Waals surface area contributed by atoms with Crippen LogP contribution in [0, 0.1) is 0 Å². The Morgan fingerprint density at radius 2 is 2.17 bits per heavy atom. The molecule has 68 valence electrons. The molecular weight excluding hydrogens is 166 g/mol. The molecule has 0 saturated carbocycles. The summed E-state index contributed by atoms with van der Waals surface area (Å²) in [6, 6.07) is 0. The minimum Gasteiger partial charge on any atom is -0.390 e. The van der Waals surface area contributed by atoms with Crippen LogP contribution in [0.15, 0.2) is 5.16 Å². The van der Waals surface area contributed by atoms with Crippen LogP contribution in [0.5, 0.6) is 0 Å². The predicted molar refractivity (Wildman–Crippen MR) is 36.3 cm³/mol. The van der Waals surface area contributed by atoms with E-state index in [9.17, 15) is 5.11 Å². The average Bonchev–Trinajstić information content (AvgIpc) is 2.55. The molecule has 1 saturated heterocycles. The van der Waals surface area contributed by atoms with Gasteiger partial charge in [0.25, 0.3) is 0 Å². The van der Waals surface area contributed by atoms with E-state index in [-0.39, 0.29) is 6.61 Å². The Bertz CT molecular complexity index is 218. The second-order valence-corrected chi connectivity index (χ2v) is 2.75. The predicted octanol–water partition coefficient (Wildman–Crippen LogP) is -2.19. The van der Waals surface area contributed by atoms with Gasteiger partial charge in [-0.1, -0.05) is 5.16 Å². The highest BCUT2D eigenvalue weighted by Crippen LogP contribution is 2.27. The summed E-state index contributed by atoms with van der Waals surface area (Å²) in [5.74, 6) is 0. The van der Waals surface area contributed by atoms with Crippen molar-refractivity contribution in [2.75, 3.05) is 6.61 Å². The largest absolute Gasteiger partial charge is 0.390 e. The first kappa shape index (κ1) is 7.93. The summed E-state index contributed by atoms with van der Waals surface area (Å²) < 4.78 is 4.89. The van der Waals surface area contributed by atoms with Gasteiger partial charge in [-0.15, -0.1) is 0 Å². The Labute approximate surface area is 68.0 Å². The fourth-order valence-corrected chi connectivity index (χ4v) is 1.33. The Kier molecular flexibility index (Phi) is 1.76. The maximum Gasteiger partial charge on any atom is 0.189 e. The molecule has 1 fully saturated rings. The second-order valence-electron chi connectivity index (χ2n) is 2.75. The van der Waals surface area contributed by atoms with Crippen LogP contribution in [0.3, 0.4) is 0 Å². The van der Waals surface area contributed by atoms with Crippen molar-refractivity contribution < 1.29 is 24.9 Å². The lowest BCUT2D eigenvalue weighted by Crippen LogP contribution is -2.33. The van der Waals surface area contributed by atoms with Crippen LogP contribution in [0.2, 0.25) is 0 Å². The number of aliphatic hydroxyl groups is 3. The molecule has 3 N–H and O–H groups in total. The first-order chi connectivity index (χ1) is 5.74. The molecule has 2 rings (SSSR count). The average molecular weight is 175 g/mol. The lowest BCUT2D eigenvalue weighted by molar-refractivity contribution is -0.122. The number of nitrogens with zero attached hydrogens (tertiary/aromatic N) is 1. The van der Waals surface area contributed by atoms with E-state index in [2.05, 4.69) is 5.16 Å². The van der Waals surface area contributed by atoms with Crippen LogP contribution >= 0.6 is 0 Å². The van der Waals surface area contributed by atoms with Crippen molar-refractivity contribution in [1.29, 1.82) is 0 Å². The van der Waals surface area contributed by atoms with Gasteiger partial charge in [0.1, 0.15) is 17.9 Å². The lowest BCUT2D eigenvalue weighted by Gasteiger charge is -2.08. The first-order valence-electron chi connectivity index (χ1n) is 3.59. The van der Waals surface area contributed by atoms with E-state index in [0.717, 1.165) is 0 Å². The Hall–Kier alpha value is -0.690. The number of hydrogen-bond donors (Lipinski definition) is 3.